The summed E-state index contributed by atoms with van der Waals surface area (Å²) in [6, 6.07) is -1.19. The van der Waals surface area contributed by atoms with Crippen LogP contribution in [0.25, 0.3) is 0 Å². The highest BCUT2D eigenvalue weighted by Crippen LogP contribution is 2.23. The number of rotatable bonds is 4. The third-order valence-electron chi connectivity index (χ3n) is 1.63. The van der Waals surface area contributed by atoms with Crippen LogP contribution in [0.3, 0.4) is 0 Å². The van der Waals surface area contributed by atoms with Crippen molar-refractivity contribution in [2.75, 3.05) is 0 Å². The zero-order valence-corrected chi connectivity index (χ0v) is 6.93. The van der Waals surface area contributed by atoms with Crippen molar-refractivity contribution in [3.8, 4) is 0 Å². The Labute approximate surface area is 69.6 Å². The number of unbranched alkanes of at least 4 members (excludes halogenated alkanes) is 1. The number of hydrogen-bond donors (Lipinski definition) is 2. The van der Waals surface area contributed by atoms with E-state index >= 15 is 0 Å². The molecule has 0 aromatic carbocycles. The number of alkyl halides is 3. The van der Waals surface area contributed by atoms with E-state index in [1.807, 2.05) is 6.92 Å². The van der Waals surface area contributed by atoms with Crippen LogP contribution in [0.15, 0.2) is 0 Å². The summed E-state index contributed by atoms with van der Waals surface area (Å²) in [4.78, 5) is 0. The molecule has 0 radical (unpaired) electrons. The normalized spacial score (nSPS) is 17.5. The molecule has 0 saturated carbocycles. The number of hydrogen-bond acceptors (Lipinski definition) is 2. The van der Waals surface area contributed by atoms with Crippen molar-refractivity contribution in [1.29, 1.82) is 0 Å². The van der Waals surface area contributed by atoms with Crippen molar-refractivity contribution in [2.24, 2.45) is 5.73 Å². The Morgan fingerprint density at radius 1 is 1.42 bits per heavy atom. The minimum atomic E-state index is -4.59. The van der Waals surface area contributed by atoms with Gasteiger partial charge in [0.25, 0.3) is 0 Å². The average molecular weight is 185 g/mol. The summed E-state index contributed by atoms with van der Waals surface area (Å²) in [5.41, 5.74) is 5.12. The Kier molecular flexibility index (Phi) is 4.55. The second kappa shape index (κ2) is 4.67. The SMILES string of the molecule is CCCC[C@@H](N)[C@H](O)C(F)(F)F. The Bertz CT molecular complexity index is 126. The van der Waals surface area contributed by atoms with Crippen LogP contribution >= 0.6 is 0 Å². The van der Waals surface area contributed by atoms with Crippen LogP contribution in [0.4, 0.5) is 13.2 Å². The molecule has 0 saturated heterocycles. The zero-order valence-electron chi connectivity index (χ0n) is 6.93. The van der Waals surface area contributed by atoms with E-state index < -0.39 is 18.3 Å². The first kappa shape index (κ1) is 11.7. The molecule has 0 aliphatic rings. The van der Waals surface area contributed by atoms with Gasteiger partial charge in [-0.1, -0.05) is 19.8 Å². The molecule has 0 bridgehead atoms. The first-order valence-electron chi connectivity index (χ1n) is 3.90. The highest BCUT2D eigenvalue weighted by molar-refractivity contribution is 4.77. The second-order valence-corrected chi connectivity index (χ2v) is 2.79. The minimum absolute atomic E-state index is 0.206. The van der Waals surface area contributed by atoms with Gasteiger partial charge in [0.1, 0.15) is 0 Å². The van der Waals surface area contributed by atoms with Gasteiger partial charge in [0, 0.05) is 6.04 Å². The Morgan fingerprint density at radius 3 is 2.25 bits per heavy atom. The molecule has 12 heavy (non-hydrogen) atoms. The van der Waals surface area contributed by atoms with E-state index in [9.17, 15) is 13.2 Å². The van der Waals surface area contributed by atoms with Gasteiger partial charge in [-0.2, -0.15) is 13.2 Å². The maximum Gasteiger partial charge on any atom is 0.415 e. The van der Waals surface area contributed by atoms with Crippen LogP contribution in [0.5, 0.6) is 0 Å². The summed E-state index contributed by atoms with van der Waals surface area (Å²) in [5, 5.41) is 8.63. The smallest absolute Gasteiger partial charge is 0.382 e. The molecular weight excluding hydrogens is 171 g/mol. The van der Waals surface area contributed by atoms with Crippen LogP contribution < -0.4 is 5.73 Å². The molecular formula is C7H14F3NO. The molecule has 0 rings (SSSR count). The molecule has 2 nitrogen and oxygen atoms in total. The Morgan fingerprint density at radius 2 is 1.92 bits per heavy atom. The van der Waals surface area contributed by atoms with E-state index in [1.54, 1.807) is 0 Å². The highest BCUT2D eigenvalue weighted by atomic mass is 19.4. The molecule has 74 valence electrons. The monoisotopic (exact) mass is 185 g/mol. The maximum atomic E-state index is 11.8. The van der Waals surface area contributed by atoms with Crippen LogP contribution in [0.1, 0.15) is 26.2 Å². The fraction of sp³-hybridized carbons (Fsp3) is 1.00. The van der Waals surface area contributed by atoms with E-state index in [1.165, 1.54) is 0 Å². The lowest BCUT2D eigenvalue weighted by molar-refractivity contribution is -0.210. The summed E-state index contributed by atoms with van der Waals surface area (Å²) in [7, 11) is 0. The van der Waals surface area contributed by atoms with E-state index in [0.29, 0.717) is 6.42 Å². The van der Waals surface area contributed by atoms with E-state index in [4.69, 9.17) is 10.8 Å². The fourth-order valence-corrected chi connectivity index (χ4v) is 0.840. The summed E-state index contributed by atoms with van der Waals surface area (Å²) >= 11 is 0. The standard InChI is InChI=1S/C7H14F3NO/c1-2-3-4-5(11)6(12)7(8,9)10/h5-6,12H,2-4,11H2,1H3/t5-,6+/m1/s1. The van der Waals surface area contributed by atoms with Gasteiger partial charge < -0.3 is 10.8 Å². The van der Waals surface area contributed by atoms with Crippen molar-refractivity contribution in [3.63, 3.8) is 0 Å². The second-order valence-electron chi connectivity index (χ2n) is 2.79. The molecule has 0 aromatic heterocycles. The third kappa shape index (κ3) is 3.92. The van der Waals surface area contributed by atoms with Gasteiger partial charge in [0.05, 0.1) is 0 Å². The molecule has 0 fully saturated rings. The molecule has 0 unspecified atom stereocenters. The predicted octanol–water partition coefficient (Wildman–Crippen LogP) is 1.43. The summed E-state index contributed by atoms with van der Waals surface area (Å²) in [6.45, 7) is 1.85. The van der Waals surface area contributed by atoms with E-state index in [0.717, 1.165) is 6.42 Å². The first-order valence-corrected chi connectivity index (χ1v) is 3.90. The molecule has 5 heteroatoms. The number of halogens is 3. The summed E-state index contributed by atoms with van der Waals surface area (Å²) in [6.07, 6.45) is -5.39. The van der Waals surface area contributed by atoms with Gasteiger partial charge in [-0.3, -0.25) is 0 Å². The topological polar surface area (TPSA) is 46.2 Å². The lowest BCUT2D eigenvalue weighted by atomic mass is 10.1. The molecule has 0 heterocycles. The van der Waals surface area contributed by atoms with Crippen LogP contribution in [0, 0.1) is 0 Å². The number of aliphatic hydroxyl groups is 1. The Hall–Kier alpha value is -0.290. The molecule has 0 amide bonds. The number of nitrogens with two attached hydrogens (primary N) is 1. The zero-order chi connectivity index (χ0) is 9.78. The molecule has 2 atom stereocenters. The number of aliphatic hydroxyl groups excluding tert-OH is 1. The van der Waals surface area contributed by atoms with Gasteiger partial charge in [0.15, 0.2) is 6.10 Å². The van der Waals surface area contributed by atoms with Crippen LogP contribution in [0.2, 0.25) is 0 Å². The largest absolute Gasteiger partial charge is 0.415 e. The van der Waals surface area contributed by atoms with Gasteiger partial charge in [-0.05, 0) is 6.42 Å². The predicted molar refractivity (Wildman–Crippen MR) is 39.6 cm³/mol. The molecule has 0 aliphatic heterocycles. The van der Waals surface area contributed by atoms with Gasteiger partial charge in [0.2, 0.25) is 0 Å². The molecule has 3 N–H and O–H groups in total. The van der Waals surface area contributed by atoms with E-state index in [-0.39, 0.29) is 6.42 Å². The summed E-state index contributed by atoms with van der Waals surface area (Å²) < 4.78 is 35.4. The molecule has 0 aromatic rings. The van der Waals surface area contributed by atoms with Crippen molar-refractivity contribution >= 4 is 0 Å². The van der Waals surface area contributed by atoms with Gasteiger partial charge in [-0.15, -0.1) is 0 Å². The molecule has 0 spiro atoms. The Balaban J connectivity index is 3.84. The van der Waals surface area contributed by atoms with E-state index in [2.05, 4.69) is 0 Å². The lowest BCUT2D eigenvalue weighted by Crippen LogP contribution is -2.44. The molecule has 0 aliphatic carbocycles. The van der Waals surface area contributed by atoms with Gasteiger partial charge in [-0.25, -0.2) is 0 Å². The quantitative estimate of drug-likeness (QED) is 0.695. The van der Waals surface area contributed by atoms with Crippen molar-refractivity contribution in [2.45, 2.75) is 44.5 Å². The van der Waals surface area contributed by atoms with Crippen molar-refractivity contribution in [1.82, 2.24) is 0 Å². The fourth-order valence-electron chi connectivity index (χ4n) is 0.840. The van der Waals surface area contributed by atoms with Crippen molar-refractivity contribution in [3.05, 3.63) is 0 Å². The maximum absolute atomic E-state index is 11.8. The van der Waals surface area contributed by atoms with Crippen molar-refractivity contribution < 1.29 is 18.3 Å². The highest BCUT2D eigenvalue weighted by Gasteiger charge is 2.41. The lowest BCUT2D eigenvalue weighted by Gasteiger charge is -2.20. The minimum Gasteiger partial charge on any atom is -0.382 e. The van der Waals surface area contributed by atoms with Crippen LogP contribution in [-0.4, -0.2) is 23.4 Å². The average Bonchev–Trinajstić information content (AvgIpc) is 1.97. The van der Waals surface area contributed by atoms with Crippen LogP contribution in [-0.2, 0) is 0 Å². The summed E-state index contributed by atoms with van der Waals surface area (Å²) in [5.74, 6) is 0. The third-order valence-corrected chi connectivity index (χ3v) is 1.63. The first-order chi connectivity index (χ1) is 5.39. The van der Waals surface area contributed by atoms with Gasteiger partial charge >= 0.3 is 6.18 Å².